The van der Waals surface area contributed by atoms with Crippen molar-refractivity contribution in [2.75, 3.05) is 19.6 Å². The van der Waals surface area contributed by atoms with Gasteiger partial charge in [-0.15, -0.1) is 0 Å². The molecule has 0 amide bonds. The highest BCUT2D eigenvalue weighted by Gasteiger charge is 2.24. The molecule has 4 nitrogen and oxygen atoms in total. The Balaban J connectivity index is 1.97. The van der Waals surface area contributed by atoms with Crippen molar-refractivity contribution >= 4 is 17.2 Å². The normalized spacial score (nSPS) is 25.4. The van der Waals surface area contributed by atoms with E-state index in [1.807, 2.05) is 24.3 Å². The van der Waals surface area contributed by atoms with Gasteiger partial charge in [-0.1, -0.05) is 36.5 Å². The van der Waals surface area contributed by atoms with E-state index in [1.54, 1.807) is 0 Å². The van der Waals surface area contributed by atoms with Gasteiger partial charge in [0.05, 0.1) is 18.3 Å². The molecule has 3 N–H and O–H groups in total. The van der Waals surface area contributed by atoms with Crippen LogP contribution in [-0.4, -0.2) is 46.8 Å². The van der Waals surface area contributed by atoms with E-state index in [0.717, 1.165) is 24.2 Å². The fraction of sp³-hybridized carbons (Fsp3) is 0.533. The lowest BCUT2D eigenvalue weighted by atomic mass is 10.1. The molecule has 1 aliphatic rings. The first-order valence-electron chi connectivity index (χ1n) is 6.91. The molecular weight excluding hydrogens is 272 g/mol. The lowest BCUT2D eigenvalue weighted by molar-refractivity contribution is -0.0767. The van der Waals surface area contributed by atoms with Crippen LogP contribution in [0.1, 0.15) is 31.1 Å². The maximum atomic E-state index is 10.3. The van der Waals surface area contributed by atoms with Gasteiger partial charge < -0.3 is 15.6 Å². The van der Waals surface area contributed by atoms with Gasteiger partial charge in [-0.3, -0.25) is 4.90 Å². The third-order valence-corrected chi connectivity index (χ3v) is 3.74. The van der Waals surface area contributed by atoms with Crippen molar-refractivity contribution < 1.29 is 9.84 Å². The fourth-order valence-electron chi connectivity index (χ4n) is 2.65. The zero-order valence-electron chi connectivity index (χ0n) is 12.0. The molecule has 1 heterocycles. The third kappa shape index (κ3) is 3.99. The van der Waals surface area contributed by atoms with Gasteiger partial charge in [0.25, 0.3) is 0 Å². The molecule has 1 saturated heterocycles. The lowest BCUT2D eigenvalue weighted by Crippen LogP contribution is -2.46. The van der Waals surface area contributed by atoms with Gasteiger partial charge in [0.2, 0.25) is 0 Å². The maximum absolute atomic E-state index is 10.3. The molecule has 3 atom stereocenters. The number of nitrogens with two attached hydrogens (primary N) is 1. The van der Waals surface area contributed by atoms with Crippen LogP contribution in [0.4, 0.5) is 0 Å². The minimum absolute atomic E-state index is 0.211. The summed E-state index contributed by atoms with van der Waals surface area (Å²) in [5.41, 5.74) is 7.28. The molecule has 0 aliphatic carbocycles. The van der Waals surface area contributed by atoms with E-state index in [1.165, 1.54) is 0 Å². The molecule has 0 radical (unpaired) electrons. The van der Waals surface area contributed by atoms with Gasteiger partial charge in [0.1, 0.15) is 4.99 Å². The second kappa shape index (κ2) is 6.63. The van der Waals surface area contributed by atoms with Crippen molar-refractivity contribution in [2.45, 2.75) is 32.2 Å². The van der Waals surface area contributed by atoms with Crippen LogP contribution < -0.4 is 5.73 Å². The van der Waals surface area contributed by atoms with E-state index < -0.39 is 6.10 Å². The van der Waals surface area contributed by atoms with E-state index in [-0.39, 0.29) is 12.2 Å². The predicted octanol–water partition coefficient (Wildman–Crippen LogP) is 1.46. The molecule has 0 aromatic heterocycles. The number of nitrogens with zero attached hydrogens (tertiary/aromatic N) is 1. The first-order chi connectivity index (χ1) is 9.45. The van der Waals surface area contributed by atoms with Crippen LogP contribution in [0, 0.1) is 0 Å². The van der Waals surface area contributed by atoms with Crippen molar-refractivity contribution in [2.24, 2.45) is 5.73 Å². The SMILES string of the molecule is CC1CN(CC(O)c2ccc(C(N)=S)cc2)CC(C)O1. The van der Waals surface area contributed by atoms with Crippen LogP contribution >= 0.6 is 12.2 Å². The zero-order valence-corrected chi connectivity index (χ0v) is 12.8. The van der Waals surface area contributed by atoms with Crippen molar-refractivity contribution in [3.05, 3.63) is 35.4 Å². The standard InChI is InChI=1S/C15H22N2O2S/c1-10-7-17(8-11(2)19-10)9-14(18)12-3-5-13(6-4-12)15(16)20/h3-6,10-11,14,18H,7-9H2,1-2H3,(H2,16,20). The summed E-state index contributed by atoms with van der Waals surface area (Å²) in [4.78, 5) is 2.62. The third-order valence-electron chi connectivity index (χ3n) is 3.51. The Labute approximate surface area is 125 Å². The average molecular weight is 294 g/mol. The fourth-order valence-corrected chi connectivity index (χ4v) is 2.79. The number of thiocarbonyl (C=S) groups is 1. The van der Waals surface area contributed by atoms with E-state index in [9.17, 15) is 5.11 Å². The van der Waals surface area contributed by atoms with Crippen LogP contribution in [-0.2, 0) is 4.74 Å². The highest BCUT2D eigenvalue weighted by molar-refractivity contribution is 7.80. The Morgan fingerprint density at radius 3 is 2.40 bits per heavy atom. The highest BCUT2D eigenvalue weighted by atomic mass is 32.1. The molecule has 1 fully saturated rings. The molecule has 0 spiro atoms. The number of ether oxygens (including phenoxy) is 1. The Hall–Kier alpha value is -1.01. The molecule has 1 aliphatic heterocycles. The second-order valence-corrected chi connectivity index (χ2v) is 5.92. The first kappa shape index (κ1) is 15.4. The maximum Gasteiger partial charge on any atom is 0.103 e. The highest BCUT2D eigenvalue weighted by Crippen LogP contribution is 2.18. The van der Waals surface area contributed by atoms with Crippen molar-refractivity contribution in [3.63, 3.8) is 0 Å². The molecule has 2 rings (SSSR count). The summed E-state index contributed by atoms with van der Waals surface area (Å²) in [6.07, 6.45) is -0.0845. The number of morpholine rings is 1. The first-order valence-corrected chi connectivity index (χ1v) is 7.32. The molecule has 3 unspecified atom stereocenters. The number of hydrogen-bond acceptors (Lipinski definition) is 4. The van der Waals surface area contributed by atoms with E-state index >= 15 is 0 Å². The molecule has 110 valence electrons. The Morgan fingerprint density at radius 2 is 1.90 bits per heavy atom. The smallest absolute Gasteiger partial charge is 0.103 e. The quantitative estimate of drug-likeness (QED) is 0.824. The average Bonchev–Trinajstić information content (AvgIpc) is 2.37. The molecule has 20 heavy (non-hydrogen) atoms. The molecule has 1 aromatic rings. The van der Waals surface area contributed by atoms with Crippen LogP contribution in [0.25, 0.3) is 0 Å². The van der Waals surface area contributed by atoms with Crippen LogP contribution in [0.2, 0.25) is 0 Å². The Morgan fingerprint density at radius 1 is 1.35 bits per heavy atom. The summed E-state index contributed by atoms with van der Waals surface area (Å²) in [6.45, 7) is 6.45. The minimum atomic E-state index is -0.507. The van der Waals surface area contributed by atoms with Crippen molar-refractivity contribution in [1.82, 2.24) is 4.90 Å². The monoisotopic (exact) mass is 294 g/mol. The number of benzene rings is 1. The number of β-amino-alcohol motifs (C(OH)–C–C–N with tert-alkyl or cyclic N) is 1. The molecule has 1 aromatic carbocycles. The molecular formula is C15H22N2O2S. The van der Waals surface area contributed by atoms with Crippen LogP contribution in [0.5, 0.6) is 0 Å². The number of aliphatic hydroxyl groups excluding tert-OH is 1. The van der Waals surface area contributed by atoms with Crippen LogP contribution in [0.15, 0.2) is 24.3 Å². The van der Waals surface area contributed by atoms with Crippen molar-refractivity contribution in [3.8, 4) is 0 Å². The minimum Gasteiger partial charge on any atom is -0.389 e. The Kier molecular flexibility index (Phi) is 5.10. The largest absolute Gasteiger partial charge is 0.389 e. The van der Waals surface area contributed by atoms with Crippen LogP contribution in [0.3, 0.4) is 0 Å². The van der Waals surface area contributed by atoms with Crippen molar-refractivity contribution in [1.29, 1.82) is 0 Å². The lowest BCUT2D eigenvalue weighted by Gasteiger charge is -2.36. The number of aliphatic hydroxyl groups is 1. The number of hydrogen-bond donors (Lipinski definition) is 2. The number of rotatable bonds is 4. The van der Waals surface area contributed by atoms with E-state index in [0.29, 0.717) is 11.5 Å². The van der Waals surface area contributed by atoms with E-state index in [2.05, 4.69) is 18.7 Å². The van der Waals surface area contributed by atoms with Gasteiger partial charge in [0.15, 0.2) is 0 Å². The molecule has 5 heteroatoms. The predicted molar refractivity (Wildman–Crippen MR) is 83.7 cm³/mol. The summed E-state index contributed by atoms with van der Waals surface area (Å²) >= 11 is 4.92. The molecule has 0 saturated carbocycles. The molecule has 0 bridgehead atoms. The summed E-state index contributed by atoms with van der Waals surface area (Å²) < 4.78 is 5.69. The topological polar surface area (TPSA) is 58.7 Å². The summed E-state index contributed by atoms with van der Waals surface area (Å²) in [5, 5.41) is 10.3. The summed E-state index contributed by atoms with van der Waals surface area (Å²) in [6, 6.07) is 7.47. The second-order valence-electron chi connectivity index (χ2n) is 5.48. The summed E-state index contributed by atoms with van der Waals surface area (Å²) in [7, 11) is 0. The summed E-state index contributed by atoms with van der Waals surface area (Å²) in [5.74, 6) is 0. The van der Waals surface area contributed by atoms with Gasteiger partial charge in [-0.25, -0.2) is 0 Å². The van der Waals surface area contributed by atoms with Gasteiger partial charge in [-0.05, 0) is 19.4 Å². The van der Waals surface area contributed by atoms with Gasteiger partial charge in [0, 0.05) is 25.2 Å². The Bertz CT molecular complexity index is 453. The van der Waals surface area contributed by atoms with Gasteiger partial charge in [-0.2, -0.15) is 0 Å². The zero-order chi connectivity index (χ0) is 14.7. The van der Waals surface area contributed by atoms with Gasteiger partial charge >= 0.3 is 0 Å². The van der Waals surface area contributed by atoms with E-state index in [4.69, 9.17) is 22.7 Å².